The second-order valence-electron chi connectivity index (χ2n) is 10.2. The summed E-state index contributed by atoms with van der Waals surface area (Å²) in [6.07, 6.45) is 9.86. The van der Waals surface area contributed by atoms with Crippen LogP contribution in [0.25, 0.3) is 0 Å². The number of rotatable bonds is 5. The molecule has 0 saturated heterocycles. The van der Waals surface area contributed by atoms with Crippen molar-refractivity contribution in [3.63, 3.8) is 0 Å². The van der Waals surface area contributed by atoms with Gasteiger partial charge in [0.2, 0.25) is 0 Å². The van der Waals surface area contributed by atoms with E-state index in [0.29, 0.717) is 23.2 Å². The highest BCUT2D eigenvalue weighted by Crippen LogP contribution is 2.70. The first-order valence-corrected chi connectivity index (χ1v) is 10.7. The zero-order valence-corrected chi connectivity index (χ0v) is 16.2. The van der Waals surface area contributed by atoms with Gasteiger partial charge >= 0.3 is 0 Å². The zero-order chi connectivity index (χ0) is 17.7. The molecule has 0 aromatic carbocycles. The highest BCUT2D eigenvalue weighted by Gasteiger charge is 2.68. The fourth-order valence-corrected chi connectivity index (χ4v) is 7.62. The Hall–Kier alpha value is -0.160. The molecule has 25 heavy (non-hydrogen) atoms. The lowest BCUT2D eigenvalue weighted by molar-refractivity contribution is -0.204. The largest absolute Gasteiger partial charge is 0.393 e. The molecular weight excluding hydrogens is 312 g/mol. The first-order chi connectivity index (χ1) is 11.9. The summed E-state index contributed by atoms with van der Waals surface area (Å²) in [5, 5.41) is 29.5. The van der Waals surface area contributed by atoms with Gasteiger partial charge in [0.05, 0.1) is 11.7 Å². The highest BCUT2D eigenvalue weighted by molar-refractivity contribution is 5.18. The van der Waals surface area contributed by atoms with Crippen LogP contribution in [0.5, 0.6) is 0 Å². The molecule has 0 radical (unpaired) electrons. The van der Waals surface area contributed by atoms with Crippen molar-refractivity contribution in [2.45, 2.75) is 76.4 Å². The van der Waals surface area contributed by atoms with Crippen LogP contribution in [-0.2, 0) is 0 Å². The Kier molecular flexibility index (Phi) is 4.71. The van der Waals surface area contributed by atoms with E-state index in [4.69, 9.17) is 0 Å². The number of aliphatic hydroxyl groups excluding tert-OH is 1. The van der Waals surface area contributed by atoms with Crippen molar-refractivity contribution in [1.29, 1.82) is 0 Å². The smallest absolute Gasteiger partial charge is 0.0685 e. The molecule has 0 amide bonds. The summed E-state index contributed by atoms with van der Waals surface area (Å²) in [4.78, 5) is 0. The zero-order valence-electron chi connectivity index (χ0n) is 16.2. The van der Waals surface area contributed by atoms with E-state index in [9.17, 15) is 10.2 Å². The standard InChI is InChI=1S/C21H38N2O2/c1-19-6-4-8-21(25,14-19)16-11-20(18(16)17(24)12-19)7-3-5-15(20)13-23-10-9-22-2/h15-18,22-25H,3-14H2,1-2H3. The van der Waals surface area contributed by atoms with Crippen LogP contribution >= 0.6 is 0 Å². The van der Waals surface area contributed by atoms with Gasteiger partial charge in [-0.1, -0.05) is 19.8 Å². The molecule has 4 rings (SSSR count). The molecule has 4 aliphatic carbocycles. The van der Waals surface area contributed by atoms with Crippen LogP contribution in [0.3, 0.4) is 0 Å². The van der Waals surface area contributed by atoms with E-state index in [-0.39, 0.29) is 11.5 Å². The summed E-state index contributed by atoms with van der Waals surface area (Å²) < 4.78 is 0. The normalized spacial score (nSPS) is 51.8. The van der Waals surface area contributed by atoms with Crippen molar-refractivity contribution in [2.24, 2.45) is 28.6 Å². The average molecular weight is 351 g/mol. The van der Waals surface area contributed by atoms with E-state index >= 15 is 0 Å². The quantitative estimate of drug-likeness (QED) is 0.575. The van der Waals surface area contributed by atoms with E-state index < -0.39 is 5.60 Å². The van der Waals surface area contributed by atoms with Gasteiger partial charge in [-0.15, -0.1) is 0 Å². The van der Waals surface area contributed by atoms with Crippen LogP contribution in [0.1, 0.15) is 64.7 Å². The summed E-state index contributed by atoms with van der Waals surface area (Å²) >= 11 is 0. The third kappa shape index (κ3) is 2.88. The Morgan fingerprint density at radius 1 is 1.08 bits per heavy atom. The third-order valence-corrected chi connectivity index (χ3v) is 8.58. The van der Waals surface area contributed by atoms with Crippen LogP contribution in [0, 0.1) is 28.6 Å². The molecule has 4 heteroatoms. The van der Waals surface area contributed by atoms with Gasteiger partial charge in [0.1, 0.15) is 0 Å². The van der Waals surface area contributed by atoms with Crippen molar-refractivity contribution < 1.29 is 10.2 Å². The fraction of sp³-hybridized carbons (Fsp3) is 1.00. The minimum atomic E-state index is -0.507. The number of likely N-dealkylation sites (N-methyl/N-ethyl adjacent to an activating group) is 1. The Labute approximate surface area is 153 Å². The Morgan fingerprint density at radius 2 is 1.92 bits per heavy atom. The third-order valence-electron chi connectivity index (χ3n) is 8.58. The molecular formula is C21H38N2O2. The van der Waals surface area contributed by atoms with Crippen molar-refractivity contribution in [3.8, 4) is 0 Å². The summed E-state index contributed by atoms with van der Waals surface area (Å²) in [5.41, 5.74) is -0.0719. The summed E-state index contributed by atoms with van der Waals surface area (Å²) in [6, 6.07) is 0. The van der Waals surface area contributed by atoms with E-state index in [1.54, 1.807) is 0 Å². The Balaban J connectivity index is 1.53. The maximum Gasteiger partial charge on any atom is 0.0685 e. The molecule has 0 aliphatic heterocycles. The monoisotopic (exact) mass is 350 g/mol. The van der Waals surface area contributed by atoms with E-state index in [2.05, 4.69) is 17.6 Å². The van der Waals surface area contributed by atoms with Crippen molar-refractivity contribution in [2.75, 3.05) is 26.7 Å². The molecule has 4 N–H and O–H groups in total. The lowest BCUT2D eigenvalue weighted by atomic mass is 9.44. The molecule has 0 heterocycles. The van der Waals surface area contributed by atoms with Gasteiger partial charge in [-0.05, 0) is 87.1 Å². The SMILES string of the molecule is CNCCNCC1CCCC12CC1C2C(O)CC2(C)CCCC1(O)C2. The van der Waals surface area contributed by atoms with Gasteiger partial charge in [-0.2, -0.15) is 0 Å². The lowest BCUT2D eigenvalue weighted by Crippen LogP contribution is -2.62. The van der Waals surface area contributed by atoms with Gasteiger partial charge in [0, 0.05) is 13.1 Å². The first-order valence-electron chi connectivity index (χ1n) is 10.7. The molecule has 4 fully saturated rings. The topological polar surface area (TPSA) is 64.5 Å². The summed E-state index contributed by atoms with van der Waals surface area (Å²) in [5.74, 6) is 1.34. The van der Waals surface area contributed by atoms with Crippen molar-refractivity contribution in [3.05, 3.63) is 0 Å². The van der Waals surface area contributed by atoms with Crippen LogP contribution < -0.4 is 10.6 Å². The molecule has 7 atom stereocenters. The minimum absolute atomic E-state index is 0.143. The molecule has 4 nitrogen and oxygen atoms in total. The second-order valence-corrected chi connectivity index (χ2v) is 10.2. The van der Waals surface area contributed by atoms with Gasteiger partial charge < -0.3 is 20.8 Å². The number of nitrogens with one attached hydrogen (secondary N) is 2. The second kappa shape index (κ2) is 6.47. The number of fused-ring (bicyclic) bond motifs is 5. The fourth-order valence-electron chi connectivity index (χ4n) is 7.62. The molecule has 0 aromatic rings. The molecule has 7 unspecified atom stereocenters. The summed E-state index contributed by atoms with van der Waals surface area (Å²) in [6.45, 7) is 5.41. The highest BCUT2D eigenvalue weighted by atomic mass is 16.3. The van der Waals surface area contributed by atoms with E-state index in [0.717, 1.165) is 51.7 Å². The van der Waals surface area contributed by atoms with Gasteiger partial charge in [0.25, 0.3) is 0 Å². The molecule has 144 valence electrons. The average Bonchev–Trinajstić information content (AvgIpc) is 2.92. The Bertz CT molecular complexity index is 500. The molecule has 4 aliphatic rings. The van der Waals surface area contributed by atoms with Gasteiger partial charge in [-0.3, -0.25) is 0 Å². The Morgan fingerprint density at radius 3 is 2.72 bits per heavy atom. The van der Waals surface area contributed by atoms with Crippen molar-refractivity contribution in [1.82, 2.24) is 10.6 Å². The van der Waals surface area contributed by atoms with E-state index in [1.165, 1.54) is 25.7 Å². The molecule has 2 bridgehead atoms. The van der Waals surface area contributed by atoms with Crippen molar-refractivity contribution >= 4 is 0 Å². The number of hydrogen-bond acceptors (Lipinski definition) is 4. The maximum atomic E-state index is 11.5. The molecule has 0 aromatic heterocycles. The first kappa shape index (κ1) is 18.2. The van der Waals surface area contributed by atoms with Crippen LogP contribution in [0.4, 0.5) is 0 Å². The van der Waals surface area contributed by atoms with Gasteiger partial charge in [-0.25, -0.2) is 0 Å². The van der Waals surface area contributed by atoms with Gasteiger partial charge in [0.15, 0.2) is 0 Å². The lowest BCUT2D eigenvalue weighted by Gasteiger charge is -2.62. The van der Waals surface area contributed by atoms with E-state index in [1.807, 2.05) is 7.05 Å². The molecule has 4 saturated carbocycles. The van der Waals surface area contributed by atoms with Crippen LogP contribution in [-0.4, -0.2) is 48.6 Å². The summed E-state index contributed by atoms with van der Waals surface area (Å²) in [7, 11) is 2.00. The minimum Gasteiger partial charge on any atom is -0.393 e. The number of hydrogen-bond donors (Lipinski definition) is 4. The van der Waals surface area contributed by atoms with Crippen LogP contribution in [0.2, 0.25) is 0 Å². The predicted molar refractivity (Wildman–Crippen MR) is 100 cm³/mol. The molecule has 1 spiro atoms. The maximum absolute atomic E-state index is 11.5. The number of aliphatic hydroxyl groups is 2. The van der Waals surface area contributed by atoms with Crippen LogP contribution in [0.15, 0.2) is 0 Å². The predicted octanol–water partition coefficient (Wildman–Crippen LogP) is 2.29.